The zero-order chi connectivity index (χ0) is 17.1. The van der Waals surface area contributed by atoms with Crippen LogP contribution in [0.15, 0.2) is 53.1 Å². The Morgan fingerprint density at radius 2 is 1.84 bits per heavy atom. The molecule has 2 aromatic rings. The van der Waals surface area contributed by atoms with Crippen molar-refractivity contribution < 1.29 is 13.9 Å². The lowest BCUT2D eigenvalue weighted by Gasteiger charge is -2.37. The number of morpholine rings is 1. The van der Waals surface area contributed by atoms with Crippen LogP contribution >= 0.6 is 0 Å². The van der Waals surface area contributed by atoms with E-state index in [-0.39, 0.29) is 11.9 Å². The Morgan fingerprint density at radius 1 is 1.04 bits per heavy atom. The number of hydrogen-bond acceptors (Lipinski definition) is 4. The minimum Gasteiger partial charge on any atom is -0.459 e. The molecule has 2 saturated heterocycles. The summed E-state index contributed by atoms with van der Waals surface area (Å²) in [6.07, 6.45) is 3.44. The van der Waals surface area contributed by atoms with Crippen molar-refractivity contribution in [2.24, 2.45) is 0 Å². The zero-order valence-electron chi connectivity index (χ0n) is 14.3. The van der Waals surface area contributed by atoms with Gasteiger partial charge in [0.2, 0.25) is 0 Å². The number of likely N-dealkylation sites (tertiary alicyclic amines) is 1. The number of hydrogen-bond donors (Lipinski definition) is 0. The summed E-state index contributed by atoms with van der Waals surface area (Å²) in [6, 6.07) is 14.5. The summed E-state index contributed by atoms with van der Waals surface area (Å²) in [5, 5.41) is 0. The molecule has 2 aliphatic heterocycles. The van der Waals surface area contributed by atoms with Gasteiger partial charge < -0.3 is 14.1 Å². The molecule has 0 radical (unpaired) electrons. The first kappa shape index (κ1) is 16.4. The third kappa shape index (κ3) is 3.48. The second-order valence-corrected chi connectivity index (χ2v) is 6.74. The van der Waals surface area contributed by atoms with Crippen molar-refractivity contribution in [3.63, 3.8) is 0 Å². The third-order valence-electron chi connectivity index (χ3n) is 5.31. The fraction of sp³-hybridized carbons (Fsp3) is 0.450. The lowest BCUT2D eigenvalue weighted by atomic mass is 9.98. The first-order chi connectivity index (χ1) is 12.3. The molecule has 0 N–H and O–H groups in total. The Balaban J connectivity index is 1.58. The minimum atomic E-state index is 0.00157. The second-order valence-electron chi connectivity index (χ2n) is 6.74. The monoisotopic (exact) mass is 340 g/mol. The van der Waals surface area contributed by atoms with Crippen molar-refractivity contribution in [1.82, 2.24) is 9.80 Å². The third-order valence-corrected chi connectivity index (χ3v) is 5.31. The highest BCUT2D eigenvalue weighted by atomic mass is 16.5. The maximum atomic E-state index is 12.9. The van der Waals surface area contributed by atoms with Crippen molar-refractivity contribution in [1.29, 1.82) is 0 Å². The first-order valence-electron chi connectivity index (χ1n) is 9.03. The van der Waals surface area contributed by atoms with Crippen LogP contribution in [0.5, 0.6) is 0 Å². The van der Waals surface area contributed by atoms with Gasteiger partial charge in [0.05, 0.1) is 25.5 Å². The molecule has 2 fully saturated rings. The summed E-state index contributed by atoms with van der Waals surface area (Å²) in [7, 11) is 0. The Hall–Kier alpha value is -2.11. The maximum Gasteiger partial charge on any atom is 0.289 e. The van der Waals surface area contributed by atoms with Crippen molar-refractivity contribution in [3.05, 3.63) is 60.1 Å². The van der Waals surface area contributed by atoms with Crippen LogP contribution < -0.4 is 0 Å². The summed E-state index contributed by atoms with van der Waals surface area (Å²) in [4.78, 5) is 17.4. The quantitative estimate of drug-likeness (QED) is 0.858. The van der Waals surface area contributed by atoms with E-state index < -0.39 is 0 Å². The molecule has 5 nitrogen and oxygen atoms in total. The number of amides is 1. The predicted molar refractivity (Wildman–Crippen MR) is 94.5 cm³/mol. The van der Waals surface area contributed by atoms with E-state index in [4.69, 9.17) is 9.15 Å². The molecule has 1 amide bonds. The molecule has 1 aromatic carbocycles. The van der Waals surface area contributed by atoms with E-state index in [1.807, 2.05) is 11.0 Å². The summed E-state index contributed by atoms with van der Waals surface area (Å²) < 4.78 is 10.9. The lowest BCUT2D eigenvalue weighted by molar-refractivity contribution is 0.00841. The molecule has 132 valence electrons. The Morgan fingerprint density at radius 3 is 2.56 bits per heavy atom. The second kappa shape index (κ2) is 7.42. The average molecular weight is 340 g/mol. The Labute approximate surface area is 148 Å². The van der Waals surface area contributed by atoms with Crippen LogP contribution in [0.4, 0.5) is 0 Å². The van der Waals surface area contributed by atoms with Gasteiger partial charge in [0.1, 0.15) is 0 Å². The topological polar surface area (TPSA) is 45.9 Å². The van der Waals surface area contributed by atoms with Crippen LogP contribution in [0.1, 0.15) is 22.5 Å². The van der Waals surface area contributed by atoms with Crippen LogP contribution in [-0.4, -0.2) is 60.6 Å². The molecule has 2 aliphatic rings. The SMILES string of the molecule is O=C(c1ccco1)N1CC[C@@H](N2CCOCC2)[C@@H]1Cc1ccccc1. The Kier molecular flexibility index (Phi) is 4.85. The van der Waals surface area contributed by atoms with Crippen molar-refractivity contribution in [2.45, 2.75) is 24.9 Å². The number of rotatable bonds is 4. The number of ether oxygens (including phenoxy) is 1. The van der Waals surface area contributed by atoms with Crippen LogP contribution in [-0.2, 0) is 11.2 Å². The standard InChI is InChI=1S/C20H24N2O3/c23-20(19-7-4-12-25-19)22-9-8-17(21-10-13-24-14-11-21)18(22)15-16-5-2-1-3-6-16/h1-7,12,17-18H,8-11,13-15H2/t17-,18+/m1/s1. The lowest BCUT2D eigenvalue weighted by Crippen LogP contribution is -2.51. The number of benzene rings is 1. The average Bonchev–Trinajstić information content (AvgIpc) is 3.33. The molecule has 25 heavy (non-hydrogen) atoms. The molecule has 5 heteroatoms. The molecule has 0 aliphatic carbocycles. The fourth-order valence-electron chi connectivity index (χ4n) is 4.07. The van der Waals surface area contributed by atoms with E-state index in [9.17, 15) is 4.79 Å². The highest BCUT2D eigenvalue weighted by Crippen LogP contribution is 2.28. The van der Waals surface area contributed by atoms with Gasteiger partial charge in [0.25, 0.3) is 5.91 Å². The van der Waals surface area contributed by atoms with Crippen molar-refractivity contribution in [2.75, 3.05) is 32.8 Å². The summed E-state index contributed by atoms with van der Waals surface area (Å²) >= 11 is 0. The van der Waals surface area contributed by atoms with Gasteiger partial charge in [-0.25, -0.2) is 0 Å². The van der Waals surface area contributed by atoms with Crippen molar-refractivity contribution in [3.8, 4) is 0 Å². The van der Waals surface area contributed by atoms with Gasteiger partial charge in [-0.2, -0.15) is 0 Å². The molecule has 1 aromatic heterocycles. The molecule has 0 bridgehead atoms. The predicted octanol–water partition coefficient (Wildman–Crippen LogP) is 2.44. The van der Waals surface area contributed by atoms with E-state index in [0.29, 0.717) is 11.8 Å². The maximum absolute atomic E-state index is 12.9. The van der Waals surface area contributed by atoms with Gasteiger partial charge in [-0.1, -0.05) is 30.3 Å². The summed E-state index contributed by atoms with van der Waals surface area (Å²) in [5.41, 5.74) is 1.27. The molecule has 0 saturated carbocycles. The molecule has 2 atom stereocenters. The smallest absolute Gasteiger partial charge is 0.289 e. The Bertz CT molecular complexity index is 680. The van der Waals surface area contributed by atoms with Crippen molar-refractivity contribution >= 4 is 5.91 Å². The normalized spacial score (nSPS) is 24.6. The largest absolute Gasteiger partial charge is 0.459 e. The van der Waals surface area contributed by atoms with Crippen LogP contribution in [0, 0.1) is 0 Å². The van der Waals surface area contributed by atoms with Gasteiger partial charge in [0, 0.05) is 25.7 Å². The van der Waals surface area contributed by atoms with Gasteiger partial charge in [-0.05, 0) is 30.5 Å². The summed E-state index contributed by atoms with van der Waals surface area (Å²) in [5.74, 6) is 0.433. The minimum absolute atomic E-state index is 0.00157. The number of carbonyl (C=O) groups excluding carboxylic acids is 1. The van der Waals surface area contributed by atoms with E-state index >= 15 is 0 Å². The van der Waals surface area contributed by atoms with Gasteiger partial charge in [-0.15, -0.1) is 0 Å². The van der Waals surface area contributed by atoms with E-state index in [2.05, 4.69) is 29.2 Å². The van der Waals surface area contributed by atoms with Gasteiger partial charge >= 0.3 is 0 Å². The van der Waals surface area contributed by atoms with E-state index in [1.54, 1.807) is 18.4 Å². The fourth-order valence-corrected chi connectivity index (χ4v) is 4.07. The van der Waals surface area contributed by atoms with E-state index in [1.165, 1.54) is 5.56 Å². The highest BCUT2D eigenvalue weighted by molar-refractivity contribution is 5.92. The molecule has 0 unspecified atom stereocenters. The van der Waals surface area contributed by atoms with Gasteiger partial charge in [-0.3, -0.25) is 9.69 Å². The number of carbonyl (C=O) groups is 1. The van der Waals surface area contributed by atoms with Crippen LogP contribution in [0.25, 0.3) is 0 Å². The number of nitrogens with zero attached hydrogens (tertiary/aromatic N) is 2. The highest BCUT2D eigenvalue weighted by Gasteiger charge is 2.41. The molecular formula is C20H24N2O3. The molecular weight excluding hydrogens is 316 g/mol. The zero-order valence-corrected chi connectivity index (χ0v) is 14.3. The molecule has 4 rings (SSSR count). The van der Waals surface area contributed by atoms with Crippen LogP contribution in [0.3, 0.4) is 0 Å². The van der Waals surface area contributed by atoms with Gasteiger partial charge in [0.15, 0.2) is 5.76 Å². The van der Waals surface area contributed by atoms with E-state index in [0.717, 1.165) is 45.7 Å². The molecule has 3 heterocycles. The molecule has 0 spiro atoms. The van der Waals surface area contributed by atoms with Crippen LogP contribution in [0.2, 0.25) is 0 Å². The first-order valence-corrected chi connectivity index (χ1v) is 9.03. The summed E-state index contributed by atoms with van der Waals surface area (Å²) in [6.45, 7) is 4.22. The number of furan rings is 1.